The second-order valence-corrected chi connectivity index (χ2v) is 9.23. The highest BCUT2D eigenvalue weighted by molar-refractivity contribution is 6.09. The molecule has 176 valence electrons. The molecule has 0 unspecified atom stereocenters. The lowest BCUT2D eigenvalue weighted by molar-refractivity contribution is 1.01. The fraction of sp³-hybridized carbons (Fsp3) is 0.0606. The zero-order valence-corrected chi connectivity index (χ0v) is 20.3. The van der Waals surface area contributed by atoms with Crippen LogP contribution in [-0.2, 0) is 0 Å². The van der Waals surface area contributed by atoms with Crippen molar-refractivity contribution in [3.8, 4) is 28.5 Å². The summed E-state index contributed by atoms with van der Waals surface area (Å²) in [6.07, 6.45) is 8.56. The van der Waals surface area contributed by atoms with Crippen LogP contribution in [0, 0.1) is 0 Å². The third-order valence-electron chi connectivity index (χ3n) is 6.88. The topological polar surface area (TPSA) is 43.6 Å². The maximum absolute atomic E-state index is 4.90. The van der Waals surface area contributed by atoms with Crippen LogP contribution in [0.4, 0.5) is 0 Å². The summed E-state index contributed by atoms with van der Waals surface area (Å²) in [5, 5.41) is 2.51. The monoisotopic (exact) mass is 476 g/mol. The minimum absolute atomic E-state index is 0.678. The maximum atomic E-state index is 4.90. The van der Waals surface area contributed by atoms with E-state index in [1.807, 2.05) is 30.3 Å². The van der Waals surface area contributed by atoms with E-state index in [2.05, 4.69) is 95.6 Å². The van der Waals surface area contributed by atoms with Gasteiger partial charge >= 0.3 is 0 Å². The first-order valence-electron chi connectivity index (χ1n) is 12.6. The number of hydrogen-bond acceptors (Lipinski definition) is 3. The van der Waals surface area contributed by atoms with E-state index in [-0.39, 0.29) is 0 Å². The first-order chi connectivity index (χ1) is 18.3. The van der Waals surface area contributed by atoms with Gasteiger partial charge in [0.25, 0.3) is 0 Å². The van der Waals surface area contributed by atoms with Gasteiger partial charge in [0.15, 0.2) is 17.5 Å². The Bertz CT molecular complexity index is 1760. The number of fused-ring (bicyclic) bond motifs is 3. The molecule has 0 fully saturated rings. The van der Waals surface area contributed by atoms with Crippen molar-refractivity contribution in [3.05, 3.63) is 127 Å². The first-order valence-corrected chi connectivity index (χ1v) is 12.6. The quantitative estimate of drug-likeness (QED) is 0.259. The van der Waals surface area contributed by atoms with E-state index >= 15 is 0 Å². The third-order valence-corrected chi connectivity index (χ3v) is 6.88. The summed E-state index contributed by atoms with van der Waals surface area (Å²) < 4.78 is 2.32. The highest BCUT2D eigenvalue weighted by Crippen LogP contribution is 2.32. The summed E-state index contributed by atoms with van der Waals surface area (Å²) >= 11 is 0. The first kappa shape index (κ1) is 21.5. The highest BCUT2D eigenvalue weighted by Gasteiger charge is 2.15. The standard InChI is InChI=1S/C33H24N4/c1-3-11-23(12-4-1)31-34-32(24-13-5-2-6-14-24)36-33(35-31)25-19-21-26(22-20-25)37-29-17-9-7-15-27(29)28-16-8-10-18-30(28)37/h1,3-5,7-22H,2,6H2. The Kier molecular flexibility index (Phi) is 5.21. The average molecular weight is 477 g/mol. The van der Waals surface area contributed by atoms with Gasteiger partial charge in [-0.1, -0.05) is 85.0 Å². The lowest BCUT2D eigenvalue weighted by Gasteiger charge is -2.11. The number of benzene rings is 4. The van der Waals surface area contributed by atoms with Crippen molar-refractivity contribution in [1.29, 1.82) is 0 Å². The molecule has 4 aromatic carbocycles. The molecular formula is C33H24N4. The minimum atomic E-state index is 0.678. The number of para-hydroxylation sites is 2. The molecule has 0 amide bonds. The van der Waals surface area contributed by atoms with Gasteiger partial charge in [-0.15, -0.1) is 0 Å². The van der Waals surface area contributed by atoms with Crippen molar-refractivity contribution in [2.75, 3.05) is 0 Å². The van der Waals surface area contributed by atoms with Gasteiger partial charge in [0, 0.05) is 33.2 Å². The Morgan fingerprint density at radius 1 is 0.514 bits per heavy atom. The largest absolute Gasteiger partial charge is 0.309 e. The van der Waals surface area contributed by atoms with Crippen LogP contribution < -0.4 is 0 Å². The van der Waals surface area contributed by atoms with Crippen molar-refractivity contribution in [2.45, 2.75) is 12.8 Å². The Hall–Kier alpha value is -4.83. The predicted molar refractivity (Wildman–Crippen MR) is 151 cm³/mol. The molecule has 0 radical (unpaired) electrons. The Balaban J connectivity index is 1.35. The van der Waals surface area contributed by atoms with Crippen LogP contribution in [0.15, 0.2) is 121 Å². The molecule has 6 aromatic rings. The normalized spacial score (nSPS) is 13.2. The van der Waals surface area contributed by atoms with E-state index in [1.165, 1.54) is 21.8 Å². The highest BCUT2D eigenvalue weighted by atomic mass is 15.0. The lowest BCUT2D eigenvalue weighted by atomic mass is 10.1. The van der Waals surface area contributed by atoms with Crippen LogP contribution in [0.1, 0.15) is 18.7 Å². The third kappa shape index (κ3) is 3.83. The van der Waals surface area contributed by atoms with Crippen molar-refractivity contribution in [2.24, 2.45) is 0 Å². The second kappa shape index (κ2) is 8.99. The van der Waals surface area contributed by atoms with Crippen molar-refractivity contribution < 1.29 is 0 Å². The zero-order chi connectivity index (χ0) is 24.6. The molecule has 1 aliphatic carbocycles. The van der Waals surface area contributed by atoms with Gasteiger partial charge < -0.3 is 4.57 Å². The predicted octanol–water partition coefficient (Wildman–Crippen LogP) is 8.04. The molecule has 0 saturated carbocycles. The smallest absolute Gasteiger partial charge is 0.164 e. The summed E-state index contributed by atoms with van der Waals surface area (Å²) in [5.41, 5.74) is 6.49. The van der Waals surface area contributed by atoms with Crippen LogP contribution in [0.25, 0.3) is 55.8 Å². The van der Waals surface area contributed by atoms with Crippen LogP contribution in [-0.4, -0.2) is 19.5 Å². The molecule has 0 atom stereocenters. The SMILES string of the molecule is C1=CC(c2nc(-c3ccccc3)nc(-c3ccc(-n4c5ccccc5c5ccccc54)cc3)n2)=CCC1. The van der Waals surface area contributed by atoms with Gasteiger partial charge in [0.1, 0.15) is 0 Å². The van der Waals surface area contributed by atoms with Gasteiger partial charge in [-0.3, -0.25) is 0 Å². The maximum Gasteiger partial charge on any atom is 0.164 e. The Labute approximate surface area is 215 Å². The fourth-order valence-electron chi connectivity index (χ4n) is 5.09. The van der Waals surface area contributed by atoms with Crippen LogP contribution in [0.5, 0.6) is 0 Å². The van der Waals surface area contributed by atoms with Gasteiger partial charge in [-0.2, -0.15) is 0 Å². The number of allylic oxidation sites excluding steroid dienone is 4. The van der Waals surface area contributed by atoms with Crippen molar-refractivity contribution in [1.82, 2.24) is 19.5 Å². The van der Waals surface area contributed by atoms with Crippen LogP contribution in [0.2, 0.25) is 0 Å². The van der Waals surface area contributed by atoms with E-state index in [9.17, 15) is 0 Å². The number of aromatic nitrogens is 4. The average Bonchev–Trinajstić information content (AvgIpc) is 3.32. The molecule has 4 nitrogen and oxygen atoms in total. The molecule has 0 saturated heterocycles. The summed E-state index contributed by atoms with van der Waals surface area (Å²) in [6.45, 7) is 0. The Morgan fingerprint density at radius 2 is 1.08 bits per heavy atom. The van der Waals surface area contributed by atoms with Gasteiger partial charge in [-0.25, -0.2) is 15.0 Å². The summed E-state index contributed by atoms with van der Waals surface area (Å²) in [6, 6.07) is 35.8. The second-order valence-electron chi connectivity index (χ2n) is 9.23. The molecule has 0 aliphatic heterocycles. The minimum Gasteiger partial charge on any atom is -0.309 e. The number of nitrogens with zero attached hydrogens (tertiary/aromatic N) is 4. The molecule has 0 bridgehead atoms. The number of rotatable bonds is 4. The van der Waals surface area contributed by atoms with E-state index in [1.54, 1.807) is 0 Å². The van der Waals surface area contributed by atoms with E-state index in [4.69, 9.17) is 15.0 Å². The molecule has 7 rings (SSSR count). The lowest BCUT2D eigenvalue weighted by Crippen LogP contribution is -2.03. The molecular weight excluding hydrogens is 452 g/mol. The zero-order valence-electron chi connectivity index (χ0n) is 20.3. The Morgan fingerprint density at radius 3 is 1.70 bits per heavy atom. The molecule has 4 heteroatoms. The van der Waals surface area contributed by atoms with E-state index < -0.39 is 0 Å². The van der Waals surface area contributed by atoms with Crippen LogP contribution >= 0.6 is 0 Å². The molecule has 2 heterocycles. The summed E-state index contributed by atoms with van der Waals surface area (Å²) in [7, 11) is 0. The van der Waals surface area contributed by atoms with Gasteiger partial charge in [0.2, 0.25) is 0 Å². The molecule has 37 heavy (non-hydrogen) atoms. The molecule has 0 N–H and O–H groups in total. The van der Waals surface area contributed by atoms with Crippen molar-refractivity contribution >= 4 is 27.4 Å². The van der Waals surface area contributed by atoms with E-state index in [0.717, 1.165) is 35.2 Å². The van der Waals surface area contributed by atoms with E-state index in [0.29, 0.717) is 17.5 Å². The molecule has 0 spiro atoms. The summed E-state index contributed by atoms with van der Waals surface area (Å²) in [5.74, 6) is 2.08. The molecule has 2 aromatic heterocycles. The van der Waals surface area contributed by atoms with Crippen LogP contribution in [0.3, 0.4) is 0 Å². The fourth-order valence-corrected chi connectivity index (χ4v) is 5.09. The molecule has 1 aliphatic rings. The summed E-state index contributed by atoms with van der Waals surface area (Å²) in [4.78, 5) is 14.6. The van der Waals surface area contributed by atoms with Gasteiger partial charge in [-0.05, 0) is 49.2 Å². The van der Waals surface area contributed by atoms with Crippen molar-refractivity contribution in [3.63, 3.8) is 0 Å². The van der Waals surface area contributed by atoms with Gasteiger partial charge in [0.05, 0.1) is 11.0 Å². The number of hydrogen-bond donors (Lipinski definition) is 0.